The lowest BCUT2D eigenvalue weighted by Crippen LogP contribution is -2.32. The number of benzene rings is 1. The molecule has 1 fully saturated rings. The zero-order valence-electron chi connectivity index (χ0n) is 12.4. The van der Waals surface area contributed by atoms with Crippen molar-refractivity contribution in [3.05, 3.63) is 35.9 Å². The van der Waals surface area contributed by atoms with Gasteiger partial charge in [-0.25, -0.2) is 0 Å². The Hall–Kier alpha value is -0.900. The van der Waals surface area contributed by atoms with Gasteiger partial charge in [0.25, 0.3) is 0 Å². The quantitative estimate of drug-likeness (QED) is 0.767. The number of aliphatic hydroxyl groups is 1. The third-order valence-electron chi connectivity index (χ3n) is 4.08. The van der Waals surface area contributed by atoms with Crippen LogP contribution in [-0.4, -0.2) is 31.0 Å². The van der Waals surface area contributed by atoms with Crippen LogP contribution in [0.2, 0.25) is 0 Å². The van der Waals surface area contributed by atoms with Gasteiger partial charge in [-0.2, -0.15) is 0 Å². The minimum atomic E-state index is 0.276. The van der Waals surface area contributed by atoms with Crippen molar-refractivity contribution in [2.45, 2.75) is 44.7 Å². The molecule has 1 saturated heterocycles. The fourth-order valence-corrected chi connectivity index (χ4v) is 2.91. The van der Waals surface area contributed by atoms with E-state index in [1.807, 2.05) is 0 Å². The summed E-state index contributed by atoms with van der Waals surface area (Å²) in [5.41, 5.74) is 1.36. The number of rotatable bonds is 8. The maximum Gasteiger partial charge on any atom is 0.0495 e. The average Bonchev–Trinajstić information content (AvgIpc) is 2.98. The van der Waals surface area contributed by atoms with Gasteiger partial charge in [0.2, 0.25) is 0 Å². The van der Waals surface area contributed by atoms with Crippen molar-refractivity contribution in [1.29, 1.82) is 0 Å². The molecule has 3 heteroatoms. The summed E-state index contributed by atoms with van der Waals surface area (Å²) in [6, 6.07) is 11.5. The topological polar surface area (TPSA) is 41.5 Å². The molecule has 1 aliphatic rings. The Morgan fingerprint density at radius 3 is 2.80 bits per heavy atom. The molecule has 3 atom stereocenters. The van der Waals surface area contributed by atoms with E-state index in [9.17, 15) is 0 Å². The Morgan fingerprint density at radius 2 is 2.15 bits per heavy atom. The summed E-state index contributed by atoms with van der Waals surface area (Å²) in [4.78, 5) is 0. The lowest BCUT2D eigenvalue weighted by Gasteiger charge is -2.26. The first-order valence-electron chi connectivity index (χ1n) is 7.79. The first-order chi connectivity index (χ1) is 9.79. The van der Waals surface area contributed by atoms with Crippen LogP contribution in [0.25, 0.3) is 0 Å². The summed E-state index contributed by atoms with van der Waals surface area (Å²) < 4.78 is 5.50. The second-order valence-corrected chi connectivity index (χ2v) is 5.86. The summed E-state index contributed by atoms with van der Waals surface area (Å²) in [5, 5.41) is 12.7. The number of ether oxygens (including phenoxy) is 1. The smallest absolute Gasteiger partial charge is 0.0495 e. The molecule has 1 aromatic carbocycles. The summed E-state index contributed by atoms with van der Waals surface area (Å²) >= 11 is 0. The molecule has 0 saturated carbocycles. The van der Waals surface area contributed by atoms with Crippen LogP contribution in [0, 0.1) is 5.92 Å². The number of aliphatic hydroxyl groups excluding tert-OH is 1. The van der Waals surface area contributed by atoms with Crippen LogP contribution >= 0.6 is 0 Å². The first kappa shape index (κ1) is 15.5. The molecule has 3 unspecified atom stereocenters. The summed E-state index contributed by atoms with van der Waals surface area (Å²) in [7, 11) is 0. The van der Waals surface area contributed by atoms with Crippen molar-refractivity contribution >= 4 is 0 Å². The van der Waals surface area contributed by atoms with Gasteiger partial charge < -0.3 is 15.2 Å². The highest BCUT2D eigenvalue weighted by Crippen LogP contribution is 2.27. The molecule has 0 aromatic heterocycles. The van der Waals surface area contributed by atoms with E-state index >= 15 is 0 Å². The van der Waals surface area contributed by atoms with Gasteiger partial charge in [0.1, 0.15) is 0 Å². The third-order valence-corrected chi connectivity index (χ3v) is 4.08. The highest BCUT2D eigenvalue weighted by atomic mass is 16.5. The van der Waals surface area contributed by atoms with Crippen molar-refractivity contribution in [2.75, 3.05) is 19.8 Å². The molecule has 2 N–H and O–H groups in total. The van der Waals surface area contributed by atoms with Crippen LogP contribution in [0.4, 0.5) is 0 Å². The molecule has 2 rings (SSSR count). The van der Waals surface area contributed by atoms with Gasteiger partial charge in [-0.05, 0) is 44.1 Å². The third kappa shape index (κ3) is 4.89. The van der Waals surface area contributed by atoms with Crippen molar-refractivity contribution < 1.29 is 9.84 Å². The standard InChI is InChI=1S/C17H27NO2/c1-14(6-5-10-19)18-17(12-15-9-11-20-13-15)16-7-3-2-4-8-16/h2-4,7-8,14-15,17-19H,5-6,9-13H2,1H3. The van der Waals surface area contributed by atoms with E-state index in [1.54, 1.807) is 0 Å². The zero-order valence-corrected chi connectivity index (χ0v) is 12.4. The summed E-state index contributed by atoms with van der Waals surface area (Å²) in [6.07, 6.45) is 4.19. The number of hydrogen-bond donors (Lipinski definition) is 2. The first-order valence-corrected chi connectivity index (χ1v) is 7.79. The summed E-state index contributed by atoms with van der Waals surface area (Å²) in [6.45, 7) is 4.29. The Balaban J connectivity index is 1.95. The molecule has 112 valence electrons. The van der Waals surface area contributed by atoms with Gasteiger partial charge in [-0.1, -0.05) is 30.3 Å². The maximum atomic E-state index is 8.95. The van der Waals surface area contributed by atoms with E-state index < -0.39 is 0 Å². The molecule has 0 spiro atoms. The van der Waals surface area contributed by atoms with Crippen LogP contribution in [0.1, 0.15) is 44.2 Å². The second kappa shape index (κ2) is 8.40. The minimum absolute atomic E-state index is 0.276. The molecule has 0 radical (unpaired) electrons. The van der Waals surface area contributed by atoms with E-state index in [4.69, 9.17) is 9.84 Å². The van der Waals surface area contributed by atoms with E-state index in [2.05, 4.69) is 42.6 Å². The van der Waals surface area contributed by atoms with Crippen molar-refractivity contribution in [1.82, 2.24) is 5.32 Å². The van der Waals surface area contributed by atoms with Crippen LogP contribution in [-0.2, 0) is 4.74 Å². The zero-order chi connectivity index (χ0) is 14.2. The Morgan fingerprint density at radius 1 is 1.35 bits per heavy atom. The molecule has 3 nitrogen and oxygen atoms in total. The minimum Gasteiger partial charge on any atom is -0.396 e. The molecular weight excluding hydrogens is 250 g/mol. The van der Waals surface area contributed by atoms with Crippen LogP contribution in [0.15, 0.2) is 30.3 Å². The van der Waals surface area contributed by atoms with Gasteiger partial charge in [0.05, 0.1) is 0 Å². The molecule has 1 aromatic rings. The molecule has 1 aliphatic heterocycles. The molecule has 0 aliphatic carbocycles. The fraction of sp³-hybridized carbons (Fsp3) is 0.647. The lowest BCUT2D eigenvalue weighted by molar-refractivity contribution is 0.180. The van der Waals surface area contributed by atoms with Crippen molar-refractivity contribution in [2.24, 2.45) is 5.92 Å². The SMILES string of the molecule is CC(CCCO)NC(CC1CCOC1)c1ccccc1. The molecular formula is C17H27NO2. The van der Waals surface area contributed by atoms with Gasteiger partial charge in [0, 0.05) is 31.9 Å². The lowest BCUT2D eigenvalue weighted by atomic mass is 9.93. The van der Waals surface area contributed by atoms with Crippen molar-refractivity contribution in [3.63, 3.8) is 0 Å². The van der Waals surface area contributed by atoms with E-state index in [-0.39, 0.29) is 6.61 Å². The van der Waals surface area contributed by atoms with E-state index in [0.717, 1.165) is 32.5 Å². The van der Waals surface area contributed by atoms with Crippen LogP contribution in [0.3, 0.4) is 0 Å². The molecule has 1 heterocycles. The number of hydrogen-bond acceptors (Lipinski definition) is 3. The number of nitrogens with one attached hydrogen (secondary N) is 1. The van der Waals surface area contributed by atoms with Gasteiger partial charge in [-0.3, -0.25) is 0 Å². The normalized spacial score (nSPS) is 21.8. The van der Waals surface area contributed by atoms with E-state index in [0.29, 0.717) is 18.0 Å². The van der Waals surface area contributed by atoms with Crippen LogP contribution < -0.4 is 5.32 Å². The maximum absolute atomic E-state index is 8.95. The molecule has 0 amide bonds. The van der Waals surface area contributed by atoms with E-state index in [1.165, 1.54) is 12.0 Å². The van der Waals surface area contributed by atoms with Gasteiger partial charge in [0.15, 0.2) is 0 Å². The average molecular weight is 277 g/mol. The van der Waals surface area contributed by atoms with Gasteiger partial charge >= 0.3 is 0 Å². The van der Waals surface area contributed by atoms with Crippen LogP contribution in [0.5, 0.6) is 0 Å². The molecule has 0 bridgehead atoms. The Bertz CT molecular complexity index is 363. The largest absolute Gasteiger partial charge is 0.396 e. The fourth-order valence-electron chi connectivity index (χ4n) is 2.91. The van der Waals surface area contributed by atoms with Gasteiger partial charge in [-0.15, -0.1) is 0 Å². The summed E-state index contributed by atoms with van der Waals surface area (Å²) in [5.74, 6) is 0.665. The predicted octanol–water partition coefficient (Wildman–Crippen LogP) is 2.90. The Labute approximate surface area is 122 Å². The molecule has 20 heavy (non-hydrogen) atoms. The second-order valence-electron chi connectivity index (χ2n) is 5.86. The predicted molar refractivity (Wildman–Crippen MR) is 81.6 cm³/mol. The Kier molecular flexibility index (Phi) is 6.51. The monoisotopic (exact) mass is 277 g/mol. The highest BCUT2D eigenvalue weighted by molar-refractivity contribution is 5.19. The van der Waals surface area contributed by atoms with Crippen molar-refractivity contribution in [3.8, 4) is 0 Å². The highest BCUT2D eigenvalue weighted by Gasteiger charge is 2.22.